The minimum Gasteiger partial charge on any atom is -0.493 e. The molecular formula is C16H26N2O4. The van der Waals surface area contributed by atoms with Crippen molar-refractivity contribution in [3.63, 3.8) is 0 Å². The Labute approximate surface area is 132 Å². The molecule has 2 N–H and O–H groups in total. The van der Waals surface area contributed by atoms with Gasteiger partial charge in [0, 0.05) is 32.7 Å². The first-order valence-electron chi connectivity index (χ1n) is 7.75. The third kappa shape index (κ3) is 5.46. The van der Waals surface area contributed by atoms with Crippen molar-refractivity contribution in [1.82, 2.24) is 10.2 Å². The Hall–Kier alpha value is -1.34. The lowest BCUT2D eigenvalue weighted by Gasteiger charge is -2.26. The zero-order valence-electron chi connectivity index (χ0n) is 13.2. The standard InChI is InChI=1S/C16H26N2O4/c1-20-15-3-2-14(13-17-4-8-19)12-16(15)22-11-7-18-5-9-21-10-6-18/h2-3,12,17,19H,4-11,13H2,1H3. The number of aliphatic hydroxyl groups is 1. The van der Waals surface area contributed by atoms with E-state index < -0.39 is 0 Å². The molecule has 1 aliphatic heterocycles. The predicted octanol–water partition coefficient (Wildman–Crippen LogP) is 0.488. The van der Waals surface area contributed by atoms with E-state index in [-0.39, 0.29) is 6.61 Å². The molecule has 0 radical (unpaired) electrons. The first kappa shape index (κ1) is 17.0. The number of hydrogen-bond acceptors (Lipinski definition) is 6. The zero-order valence-corrected chi connectivity index (χ0v) is 13.2. The summed E-state index contributed by atoms with van der Waals surface area (Å²) in [6.45, 7) is 6.47. The molecule has 124 valence electrons. The fraction of sp³-hybridized carbons (Fsp3) is 0.625. The molecule has 1 aromatic carbocycles. The van der Waals surface area contributed by atoms with Gasteiger partial charge in [-0.15, -0.1) is 0 Å². The third-order valence-corrected chi connectivity index (χ3v) is 3.61. The minimum absolute atomic E-state index is 0.138. The molecule has 6 nitrogen and oxygen atoms in total. The van der Waals surface area contributed by atoms with Crippen LogP contribution < -0.4 is 14.8 Å². The second-order valence-corrected chi connectivity index (χ2v) is 5.19. The average Bonchev–Trinajstić information content (AvgIpc) is 2.56. The van der Waals surface area contributed by atoms with Crippen molar-refractivity contribution >= 4 is 0 Å². The normalized spacial score (nSPS) is 15.7. The fourth-order valence-corrected chi connectivity index (χ4v) is 2.37. The van der Waals surface area contributed by atoms with Crippen LogP contribution in [0.1, 0.15) is 5.56 Å². The Morgan fingerprint density at radius 3 is 2.82 bits per heavy atom. The maximum atomic E-state index is 8.80. The van der Waals surface area contributed by atoms with Crippen LogP contribution in [0.3, 0.4) is 0 Å². The van der Waals surface area contributed by atoms with Crippen molar-refractivity contribution in [2.45, 2.75) is 6.54 Å². The Bertz CT molecular complexity index is 436. The van der Waals surface area contributed by atoms with Gasteiger partial charge in [0.25, 0.3) is 0 Å². The number of aliphatic hydroxyl groups excluding tert-OH is 1. The van der Waals surface area contributed by atoms with Crippen molar-refractivity contribution in [1.29, 1.82) is 0 Å². The highest BCUT2D eigenvalue weighted by Gasteiger charge is 2.11. The van der Waals surface area contributed by atoms with Crippen molar-refractivity contribution in [3.8, 4) is 11.5 Å². The second-order valence-electron chi connectivity index (χ2n) is 5.19. The van der Waals surface area contributed by atoms with Crippen LogP contribution in [0.25, 0.3) is 0 Å². The van der Waals surface area contributed by atoms with Crippen LogP contribution in [0.15, 0.2) is 18.2 Å². The lowest BCUT2D eigenvalue weighted by Crippen LogP contribution is -2.38. The number of benzene rings is 1. The lowest BCUT2D eigenvalue weighted by molar-refractivity contribution is 0.0321. The van der Waals surface area contributed by atoms with Crippen molar-refractivity contribution < 1.29 is 19.3 Å². The van der Waals surface area contributed by atoms with Gasteiger partial charge in [-0.05, 0) is 17.7 Å². The summed E-state index contributed by atoms with van der Waals surface area (Å²) >= 11 is 0. The van der Waals surface area contributed by atoms with E-state index in [0.29, 0.717) is 19.7 Å². The Morgan fingerprint density at radius 2 is 2.09 bits per heavy atom. The third-order valence-electron chi connectivity index (χ3n) is 3.61. The number of nitrogens with zero attached hydrogens (tertiary/aromatic N) is 1. The van der Waals surface area contributed by atoms with Crippen molar-refractivity contribution in [2.24, 2.45) is 0 Å². The Kier molecular flexibility index (Phi) is 7.45. The Balaban J connectivity index is 1.85. The van der Waals surface area contributed by atoms with Gasteiger partial charge in [0.05, 0.1) is 26.9 Å². The molecule has 1 aromatic rings. The van der Waals surface area contributed by atoms with Crippen LogP contribution in [0.2, 0.25) is 0 Å². The van der Waals surface area contributed by atoms with Gasteiger partial charge in [0.1, 0.15) is 6.61 Å². The number of ether oxygens (including phenoxy) is 3. The molecule has 0 atom stereocenters. The van der Waals surface area contributed by atoms with Crippen molar-refractivity contribution in [3.05, 3.63) is 23.8 Å². The molecule has 0 amide bonds. The van der Waals surface area contributed by atoms with E-state index in [4.69, 9.17) is 19.3 Å². The number of morpholine rings is 1. The molecule has 2 rings (SSSR count). The summed E-state index contributed by atoms with van der Waals surface area (Å²) in [6, 6.07) is 5.90. The highest BCUT2D eigenvalue weighted by molar-refractivity contribution is 5.42. The van der Waals surface area contributed by atoms with Gasteiger partial charge in [0.2, 0.25) is 0 Å². The first-order valence-corrected chi connectivity index (χ1v) is 7.75. The van der Waals surface area contributed by atoms with Gasteiger partial charge >= 0.3 is 0 Å². The molecule has 1 fully saturated rings. The molecule has 0 aliphatic carbocycles. The molecular weight excluding hydrogens is 284 g/mol. The number of rotatable bonds is 9. The molecule has 22 heavy (non-hydrogen) atoms. The summed E-state index contributed by atoms with van der Waals surface area (Å²) in [6.07, 6.45) is 0. The van der Waals surface area contributed by atoms with E-state index in [0.717, 1.165) is 49.9 Å². The first-order chi connectivity index (χ1) is 10.8. The van der Waals surface area contributed by atoms with E-state index in [9.17, 15) is 0 Å². The van der Waals surface area contributed by atoms with E-state index >= 15 is 0 Å². The smallest absolute Gasteiger partial charge is 0.161 e. The van der Waals surface area contributed by atoms with Gasteiger partial charge in [-0.25, -0.2) is 0 Å². The molecule has 0 unspecified atom stereocenters. The summed E-state index contributed by atoms with van der Waals surface area (Å²) in [5.74, 6) is 1.51. The molecule has 1 heterocycles. The Morgan fingerprint density at radius 1 is 1.27 bits per heavy atom. The topological polar surface area (TPSA) is 63.2 Å². The quantitative estimate of drug-likeness (QED) is 0.647. The summed E-state index contributed by atoms with van der Waals surface area (Å²) in [7, 11) is 1.65. The molecule has 0 aromatic heterocycles. The monoisotopic (exact) mass is 310 g/mol. The maximum absolute atomic E-state index is 8.80. The van der Waals surface area contributed by atoms with E-state index in [1.54, 1.807) is 7.11 Å². The fourth-order valence-electron chi connectivity index (χ4n) is 2.37. The van der Waals surface area contributed by atoms with Gasteiger partial charge in [-0.2, -0.15) is 0 Å². The summed E-state index contributed by atoms with van der Waals surface area (Å²) < 4.78 is 16.6. The SMILES string of the molecule is COc1ccc(CNCCO)cc1OCCN1CCOCC1. The van der Waals surface area contributed by atoms with Gasteiger partial charge in [-0.1, -0.05) is 6.07 Å². The predicted molar refractivity (Wildman–Crippen MR) is 84.5 cm³/mol. The van der Waals surface area contributed by atoms with Crippen LogP contribution in [-0.2, 0) is 11.3 Å². The second kappa shape index (κ2) is 9.63. The average molecular weight is 310 g/mol. The maximum Gasteiger partial charge on any atom is 0.161 e. The van der Waals surface area contributed by atoms with E-state index in [1.807, 2.05) is 18.2 Å². The summed E-state index contributed by atoms with van der Waals surface area (Å²) in [4.78, 5) is 2.34. The highest BCUT2D eigenvalue weighted by atomic mass is 16.5. The molecule has 1 aliphatic rings. The van der Waals surface area contributed by atoms with Crippen LogP contribution in [0, 0.1) is 0 Å². The molecule has 0 bridgehead atoms. The molecule has 1 saturated heterocycles. The van der Waals surface area contributed by atoms with Gasteiger partial charge in [-0.3, -0.25) is 4.90 Å². The number of nitrogens with one attached hydrogen (secondary N) is 1. The minimum atomic E-state index is 0.138. The highest BCUT2D eigenvalue weighted by Crippen LogP contribution is 2.28. The number of hydrogen-bond donors (Lipinski definition) is 2. The molecule has 0 spiro atoms. The van der Waals surface area contributed by atoms with Gasteiger partial charge in [0.15, 0.2) is 11.5 Å². The van der Waals surface area contributed by atoms with Crippen molar-refractivity contribution in [2.75, 3.05) is 59.7 Å². The van der Waals surface area contributed by atoms with Crippen LogP contribution >= 0.6 is 0 Å². The van der Waals surface area contributed by atoms with Crippen LogP contribution in [-0.4, -0.2) is 69.7 Å². The largest absolute Gasteiger partial charge is 0.493 e. The molecule has 0 saturated carbocycles. The van der Waals surface area contributed by atoms with Gasteiger partial charge < -0.3 is 24.6 Å². The van der Waals surface area contributed by atoms with Crippen LogP contribution in [0.4, 0.5) is 0 Å². The lowest BCUT2D eigenvalue weighted by atomic mass is 10.2. The van der Waals surface area contributed by atoms with E-state index in [2.05, 4.69) is 10.2 Å². The summed E-state index contributed by atoms with van der Waals surface area (Å²) in [5, 5.41) is 12.0. The van der Waals surface area contributed by atoms with E-state index in [1.165, 1.54) is 0 Å². The summed E-state index contributed by atoms with van der Waals surface area (Å²) in [5.41, 5.74) is 1.11. The molecule has 6 heteroatoms. The number of methoxy groups -OCH3 is 1. The zero-order chi connectivity index (χ0) is 15.6. The van der Waals surface area contributed by atoms with Crippen LogP contribution in [0.5, 0.6) is 11.5 Å².